The molecule has 0 aliphatic carbocycles. The number of ether oxygens (including phenoxy) is 1. The van der Waals surface area contributed by atoms with E-state index in [9.17, 15) is 4.79 Å². The average Bonchev–Trinajstić information content (AvgIpc) is 3.56. The highest BCUT2D eigenvalue weighted by molar-refractivity contribution is 7.15. The van der Waals surface area contributed by atoms with E-state index in [2.05, 4.69) is 21.2 Å². The van der Waals surface area contributed by atoms with Gasteiger partial charge in [-0.3, -0.25) is 14.2 Å². The maximum absolute atomic E-state index is 13.6. The molecule has 0 fully saturated rings. The fourth-order valence-electron chi connectivity index (χ4n) is 4.61. The van der Waals surface area contributed by atoms with Gasteiger partial charge >= 0.3 is 0 Å². The van der Waals surface area contributed by atoms with Crippen LogP contribution in [0.3, 0.4) is 0 Å². The Hall–Kier alpha value is -3.76. The fraction of sp³-hybridized carbons (Fsp3) is 0.250. The minimum atomic E-state index is -0.163. The van der Waals surface area contributed by atoms with Gasteiger partial charge in [0, 0.05) is 53.6 Å². The SMILES string of the molecule is CN(C(=O)c1ccc2nc(N)c3cnn(C)c3c2c1)C1COCc2cc(-c3cnn(C)c3)sc21. The van der Waals surface area contributed by atoms with E-state index in [1.807, 2.05) is 45.7 Å². The Kier molecular flexibility index (Phi) is 4.68. The molecule has 1 atom stereocenters. The predicted molar refractivity (Wildman–Crippen MR) is 131 cm³/mol. The molecule has 172 valence electrons. The maximum Gasteiger partial charge on any atom is 0.254 e. The molecule has 0 saturated heterocycles. The smallest absolute Gasteiger partial charge is 0.254 e. The van der Waals surface area contributed by atoms with Gasteiger partial charge in [-0.1, -0.05) is 0 Å². The summed E-state index contributed by atoms with van der Waals surface area (Å²) in [4.78, 5) is 22.1. The summed E-state index contributed by atoms with van der Waals surface area (Å²) < 4.78 is 9.43. The number of aromatic nitrogens is 5. The van der Waals surface area contributed by atoms with Gasteiger partial charge in [-0.2, -0.15) is 10.2 Å². The van der Waals surface area contributed by atoms with Crippen LogP contribution in [0.15, 0.2) is 42.9 Å². The minimum Gasteiger partial charge on any atom is -0.383 e. The van der Waals surface area contributed by atoms with Crippen molar-refractivity contribution >= 4 is 44.9 Å². The first kappa shape index (κ1) is 20.8. The number of hydrogen-bond acceptors (Lipinski definition) is 7. The molecule has 0 radical (unpaired) electrons. The van der Waals surface area contributed by atoms with Crippen molar-refractivity contribution in [1.82, 2.24) is 29.4 Å². The lowest BCUT2D eigenvalue weighted by molar-refractivity contribution is 0.0362. The summed E-state index contributed by atoms with van der Waals surface area (Å²) in [5.41, 5.74) is 10.5. The average molecular weight is 474 g/mol. The van der Waals surface area contributed by atoms with Crippen molar-refractivity contribution in [2.75, 3.05) is 19.4 Å². The Morgan fingerprint density at radius 1 is 1.21 bits per heavy atom. The Morgan fingerprint density at radius 2 is 2.06 bits per heavy atom. The Morgan fingerprint density at radius 3 is 2.85 bits per heavy atom. The molecule has 0 spiro atoms. The van der Waals surface area contributed by atoms with Gasteiger partial charge in [0.2, 0.25) is 0 Å². The molecule has 2 N–H and O–H groups in total. The summed E-state index contributed by atoms with van der Waals surface area (Å²) in [6, 6.07) is 7.50. The third-order valence-corrected chi connectivity index (χ3v) is 7.74. The topological polar surface area (TPSA) is 104 Å². The molecule has 1 aliphatic rings. The third kappa shape index (κ3) is 3.17. The number of benzene rings is 1. The van der Waals surface area contributed by atoms with Crippen LogP contribution in [0.25, 0.3) is 32.2 Å². The lowest BCUT2D eigenvalue weighted by Crippen LogP contribution is -2.35. The summed E-state index contributed by atoms with van der Waals surface area (Å²) >= 11 is 1.70. The number of likely N-dealkylation sites (N-methyl/N-ethyl adjacent to an activating group) is 1. The molecule has 5 heterocycles. The van der Waals surface area contributed by atoms with Crippen molar-refractivity contribution in [3.05, 3.63) is 58.9 Å². The van der Waals surface area contributed by atoms with Crippen molar-refractivity contribution < 1.29 is 9.53 Å². The van der Waals surface area contributed by atoms with E-state index in [0.29, 0.717) is 24.6 Å². The van der Waals surface area contributed by atoms with Crippen molar-refractivity contribution in [1.29, 1.82) is 0 Å². The number of amides is 1. The van der Waals surface area contributed by atoms with Crippen LogP contribution >= 0.6 is 11.3 Å². The molecule has 10 heteroatoms. The summed E-state index contributed by atoms with van der Waals surface area (Å²) in [5, 5.41) is 10.2. The van der Waals surface area contributed by atoms with E-state index in [4.69, 9.17) is 10.5 Å². The zero-order valence-corrected chi connectivity index (χ0v) is 19.8. The van der Waals surface area contributed by atoms with Gasteiger partial charge in [0.05, 0.1) is 48.1 Å². The van der Waals surface area contributed by atoms with E-state index in [1.165, 1.54) is 0 Å². The van der Waals surface area contributed by atoms with Crippen LogP contribution in [0.4, 0.5) is 5.82 Å². The molecular formula is C24H23N7O2S. The summed E-state index contributed by atoms with van der Waals surface area (Å²) in [7, 11) is 5.60. The predicted octanol–water partition coefficient (Wildman–Crippen LogP) is 3.51. The van der Waals surface area contributed by atoms with Crippen molar-refractivity contribution in [3.8, 4) is 10.4 Å². The van der Waals surface area contributed by atoms with Gasteiger partial charge in [0.1, 0.15) is 5.82 Å². The molecule has 9 nitrogen and oxygen atoms in total. The van der Waals surface area contributed by atoms with Crippen LogP contribution in [0.2, 0.25) is 0 Å². The minimum absolute atomic E-state index is 0.0770. The first-order valence-electron chi connectivity index (χ1n) is 10.9. The van der Waals surface area contributed by atoms with Crippen LogP contribution in [-0.4, -0.2) is 49.0 Å². The van der Waals surface area contributed by atoms with Gasteiger partial charge in [0.15, 0.2) is 0 Å². The molecule has 4 aromatic heterocycles. The van der Waals surface area contributed by atoms with Crippen molar-refractivity contribution in [2.24, 2.45) is 14.1 Å². The summed E-state index contributed by atoms with van der Waals surface area (Å²) in [6.07, 6.45) is 5.56. The number of carbonyl (C=O) groups is 1. The van der Waals surface area contributed by atoms with Crippen molar-refractivity contribution in [3.63, 3.8) is 0 Å². The number of hydrogen-bond donors (Lipinski definition) is 1. The summed E-state index contributed by atoms with van der Waals surface area (Å²) in [5.74, 6) is 0.354. The molecule has 1 amide bonds. The standard InChI is InChI=1S/C24H23N7O2S/c1-29-10-15(8-26-29)20-7-14-11-33-12-19(22(14)34-20)30(2)24(32)13-4-5-18-16(6-13)21-17(23(25)28-18)9-27-31(21)3/h4-10,19H,11-12H2,1-3H3,(H2,25,28). The highest BCUT2D eigenvalue weighted by Crippen LogP contribution is 2.40. The second-order valence-electron chi connectivity index (χ2n) is 8.61. The molecule has 1 unspecified atom stereocenters. The third-order valence-electron chi connectivity index (χ3n) is 6.41. The quantitative estimate of drug-likeness (QED) is 0.430. The van der Waals surface area contributed by atoms with Crippen LogP contribution < -0.4 is 5.73 Å². The number of pyridine rings is 1. The van der Waals surface area contributed by atoms with Crippen LogP contribution in [0.1, 0.15) is 26.8 Å². The zero-order valence-electron chi connectivity index (χ0n) is 19.0. The Labute approximate surface area is 199 Å². The molecule has 0 saturated carbocycles. The molecule has 0 bridgehead atoms. The number of nitrogens with zero attached hydrogens (tertiary/aromatic N) is 6. The highest BCUT2D eigenvalue weighted by atomic mass is 32.1. The number of carbonyl (C=O) groups excluding carboxylic acids is 1. The van der Waals surface area contributed by atoms with Gasteiger partial charge in [-0.15, -0.1) is 11.3 Å². The molecule has 1 aliphatic heterocycles. The largest absolute Gasteiger partial charge is 0.383 e. The first-order valence-corrected chi connectivity index (χ1v) is 11.7. The number of nitrogen functional groups attached to an aromatic ring is 1. The zero-order chi connectivity index (χ0) is 23.6. The van der Waals surface area contributed by atoms with Gasteiger partial charge in [0.25, 0.3) is 5.91 Å². The number of rotatable bonds is 3. The summed E-state index contributed by atoms with van der Waals surface area (Å²) in [6.45, 7) is 1.01. The van der Waals surface area contributed by atoms with Crippen LogP contribution in [0, 0.1) is 0 Å². The Bertz CT molecular complexity index is 1580. The van der Waals surface area contributed by atoms with E-state index < -0.39 is 0 Å². The van der Waals surface area contributed by atoms with E-state index in [0.717, 1.165) is 42.7 Å². The van der Waals surface area contributed by atoms with Gasteiger partial charge in [-0.05, 0) is 29.8 Å². The monoisotopic (exact) mass is 473 g/mol. The van der Waals surface area contributed by atoms with E-state index in [-0.39, 0.29) is 11.9 Å². The molecule has 34 heavy (non-hydrogen) atoms. The molecule has 6 rings (SSSR count). The second-order valence-corrected chi connectivity index (χ2v) is 9.69. The normalized spacial score (nSPS) is 15.7. The second kappa shape index (κ2) is 7.64. The fourth-order valence-corrected chi connectivity index (χ4v) is 5.88. The van der Waals surface area contributed by atoms with Crippen molar-refractivity contribution in [2.45, 2.75) is 12.6 Å². The van der Waals surface area contributed by atoms with Crippen LogP contribution in [-0.2, 0) is 25.4 Å². The number of anilines is 1. The maximum atomic E-state index is 13.6. The number of fused-ring (bicyclic) bond motifs is 4. The number of nitrogens with two attached hydrogens (primary N) is 1. The number of aryl methyl sites for hydroxylation is 2. The van der Waals surface area contributed by atoms with Crippen LogP contribution in [0.5, 0.6) is 0 Å². The lowest BCUT2D eigenvalue weighted by atomic mass is 10.0. The molecule has 1 aromatic carbocycles. The number of thiophene rings is 1. The lowest BCUT2D eigenvalue weighted by Gasteiger charge is -2.31. The Balaban J connectivity index is 1.37. The highest BCUT2D eigenvalue weighted by Gasteiger charge is 2.31. The molecular weight excluding hydrogens is 450 g/mol. The first-order chi connectivity index (χ1) is 16.4. The van der Waals surface area contributed by atoms with E-state index >= 15 is 0 Å². The molecule has 5 aromatic rings. The van der Waals surface area contributed by atoms with E-state index in [1.54, 1.807) is 37.9 Å². The van der Waals surface area contributed by atoms with Gasteiger partial charge < -0.3 is 15.4 Å². The van der Waals surface area contributed by atoms with Gasteiger partial charge in [-0.25, -0.2) is 4.98 Å².